The number of halogens is 2. The number of fused-ring (bicyclic) bond motifs is 1. The average Bonchev–Trinajstić information content (AvgIpc) is 2.86. The van der Waals surface area contributed by atoms with Gasteiger partial charge in [-0.25, -0.2) is 0 Å². The van der Waals surface area contributed by atoms with Gasteiger partial charge in [-0.3, -0.25) is 9.69 Å². The van der Waals surface area contributed by atoms with Crippen LogP contribution in [0.3, 0.4) is 0 Å². The Morgan fingerprint density at radius 1 is 1.23 bits per heavy atom. The van der Waals surface area contributed by atoms with E-state index in [4.69, 9.17) is 32.7 Å². The minimum atomic E-state index is -0.118. The van der Waals surface area contributed by atoms with Crippen LogP contribution in [0.5, 0.6) is 5.75 Å². The number of benzene rings is 2. The molecule has 1 N–H and O–H groups in total. The Morgan fingerprint density at radius 3 is 2.77 bits per heavy atom. The summed E-state index contributed by atoms with van der Waals surface area (Å²) in [4.78, 5) is 15.5. The maximum absolute atomic E-state index is 13.0. The van der Waals surface area contributed by atoms with Crippen molar-refractivity contribution in [3.05, 3.63) is 76.3 Å². The summed E-state index contributed by atoms with van der Waals surface area (Å²) in [6, 6.07) is 13.7. The van der Waals surface area contributed by atoms with Crippen molar-refractivity contribution in [1.29, 1.82) is 0 Å². The van der Waals surface area contributed by atoms with Crippen LogP contribution >= 0.6 is 23.2 Å². The van der Waals surface area contributed by atoms with Crippen molar-refractivity contribution in [3.63, 3.8) is 0 Å². The van der Waals surface area contributed by atoms with Gasteiger partial charge < -0.3 is 14.8 Å². The molecule has 0 bridgehead atoms. The highest BCUT2D eigenvalue weighted by atomic mass is 35.5. The predicted octanol–water partition coefficient (Wildman–Crippen LogP) is 5.28. The molecule has 1 unspecified atom stereocenters. The summed E-state index contributed by atoms with van der Waals surface area (Å²) in [5.74, 6) is 1.13. The second-order valence-electron chi connectivity index (χ2n) is 9.70. The van der Waals surface area contributed by atoms with Crippen LogP contribution in [-0.2, 0) is 21.4 Å². The van der Waals surface area contributed by atoms with Gasteiger partial charge in [0, 0.05) is 37.6 Å². The highest BCUT2D eigenvalue weighted by molar-refractivity contribution is 6.42. The molecule has 5 nitrogen and oxygen atoms in total. The van der Waals surface area contributed by atoms with Crippen molar-refractivity contribution >= 4 is 29.1 Å². The average molecular weight is 517 g/mol. The van der Waals surface area contributed by atoms with Crippen LogP contribution in [0.1, 0.15) is 30.4 Å². The number of likely N-dealkylation sites (tertiary alicyclic amines) is 1. The van der Waals surface area contributed by atoms with Gasteiger partial charge in [0.15, 0.2) is 0 Å². The summed E-state index contributed by atoms with van der Waals surface area (Å²) in [7, 11) is 3.49. The van der Waals surface area contributed by atoms with Crippen molar-refractivity contribution < 1.29 is 14.3 Å². The first-order valence-electron chi connectivity index (χ1n) is 12.1. The Labute approximate surface area is 218 Å². The topological polar surface area (TPSA) is 50.8 Å². The molecule has 0 spiro atoms. The number of nitrogens with zero attached hydrogens (tertiary/aromatic N) is 1. The van der Waals surface area contributed by atoms with E-state index in [1.807, 2.05) is 18.2 Å². The van der Waals surface area contributed by atoms with Gasteiger partial charge in [-0.05, 0) is 61.2 Å². The highest BCUT2D eigenvalue weighted by Gasteiger charge is 2.52. The first-order valence-corrected chi connectivity index (χ1v) is 12.9. The SMILES string of the molecule is C=CCN1CC[C@@]2(c3cccc(OC)c3)C[C@H](NC(=O)Cc3ccc(Cl)c(Cl)c3)CC(OC)[C@@H]2C1. The summed E-state index contributed by atoms with van der Waals surface area (Å²) in [6.45, 7) is 6.71. The van der Waals surface area contributed by atoms with E-state index in [-0.39, 0.29) is 29.9 Å². The molecule has 2 aliphatic rings. The Hall–Kier alpha value is -2.05. The van der Waals surface area contributed by atoms with E-state index in [0.717, 1.165) is 50.2 Å². The molecule has 188 valence electrons. The molecule has 35 heavy (non-hydrogen) atoms. The maximum atomic E-state index is 13.0. The van der Waals surface area contributed by atoms with Crippen molar-refractivity contribution in [1.82, 2.24) is 10.2 Å². The lowest BCUT2D eigenvalue weighted by molar-refractivity contribution is -0.123. The molecule has 1 heterocycles. The second-order valence-corrected chi connectivity index (χ2v) is 10.5. The third-order valence-electron chi connectivity index (χ3n) is 7.66. The molecule has 7 heteroatoms. The Kier molecular flexibility index (Phi) is 8.43. The normalized spacial score (nSPS) is 26.6. The number of methoxy groups -OCH3 is 2. The summed E-state index contributed by atoms with van der Waals surface area (Å²) < 4.78 is 11.6. The number of amides is 1. The lowest BCUT2D eigenvalue weighted by atomic mass is 9.57. The van der Waals surface area contributed by atoms with Gasteiger partial charge in [0.1, 0.15) is 5.75 Å². The molecule has 1 saturated heterocycles. The molecule has 1 aliphatic carbocycles. The number of piperidine rings is 1. The fourth-order valence-electron chi connectivity index (χ4n) is 6.02. The lowest BCUT2D eigenvalue weighted by Crippen LogP contribution is -2.61. The van der Waals surface area contributed by atoms with Gasteiger partial charge in [-0.1, -0.05) is 47.5 Å². The standard InChI is InChI=1S/C28H34Cl2N2O3/c1-4-11-32-12-10-28(20-6-5-7-22(15-20)34-2)17-21(16-26(35-3)23(28)18-32)31-27(33)14-19-8-9-24(29)25(30)13-19/h4-9,13,15,21,23,26H,1,10-12,14,16-18H2,2-3H3,(H,31,33)/t21-,23+,26?,28+/m1/s1. The van der Waals surface area contributed by atoms with E-state index < -0.39 is 0 Å². The van der Waals surface area contributed by atoms with Crippen LogP contribution < -0.4 is 10.1 Å². The van der Waals surface area contributed by atoms with Crippen LogP contribution in [0.25, 0.3) is 0 Å². The number of ether oxygens (including phenoxy) is 2. The van der Waals surface area contributed by atoms with Crippen LogP contribution in [0.4, 0.5) is 0 Å². The number of nitrogens with one attached hydrogen (secondary N) is 1. The molecule has 1 amide bonds. The smallest absolute Gasteiger partial charge is 0.224 e. The largest absolute Gasteiger partial charge is 0.497 e. The molecule has 0 radical (unpaired) electrons. The van der Waals surface area contributed by atoms with Crippen molar-refractivity contribution in [2.45, 2.75) is 43.2 Å². The molecular formula is C28H34Cl2N2O3. The van der Waals surface area contributed by atoms with E-state index in [1.165, 1.54) is 5.56 Å². The van der Waals surface area contributed by atoms with Crippen LogP contribution in [0.15, 0.2) is 55.1 Å². The van der Waals surface area contributed by atoms with Crippen LogP contribution in [0.2, 0.25) is 10.0 Å². The number of hydrogen-bond acceptors (Lipinski definition) is 4. The quantitative estimate of drug-likeness (QED) is 0.484. The van der Waals surface area contributed by atoms with Crippen molar-refractivity contribution in [2.75, 3.05) is 33.9 Å². The summed E-state index contributed by atoms with van der Waals surface area (Å²) in [5, 5.41) is 4.25. The van der Waals surface area contributed by atoms with Gasteiger partial charge in [-0.15, -0.1) is 6.58 Å². The molecule has 2 fully saturated rings. The molecule has 2 aromatic carbocycles. The number of rotatable bonds is 8. The highest BCUT2D eigenvalue weighted by Crippen LogP contribution is 2.50. The Morgan fingerprint density at radius 2 is 2.06 bits per heavy atom. The molecular weight excluding hydrogens is 483 g/mol. The zero-order valence-corrected chi connectivity index (χ0v) is 21.9. The van der Waals surface area contributed by atoms with E-state index in [9.17, 15) is 4.79 Å². The Bertz CT molecular complexity index is 1060. The monoisotopic (exact) mass is 516 g/mol. The molecule has 2 aromatic rings. The van der Waals surface area contributed by atoms with E-state index >= 15 is 0 Å². The van der Waals surface area contributed by atoms with Gasteiger partial charge in [0.05, 0.1) is 29.7 Å². The van der Waals surface area contributed by atoms with Crippen LogP contribution in [-0.4, -0.2) is 56.8 Å². The minimum Gasteiger partial charge on any atom is -0.497 e. The molecule has 4 rings (SSSR count). The first kappa shape index (κ1) is 26.0. The number of carbonyl (C=O) groups is 1. The summed E-state index contributed by atoms with van der Waals surface area (Å²) in [5.41, 5.74) is 1.98. The van der Waals surface area contributed by atoms with Crippen molar-refractivity contribution in [3.8, 4) is 5.75 Å². The van der Waals surface area contributed by atoms with E-state index in [0.29, 0.717) is 16.0 Å². The van der Waals surface area contributed by atoms with E-state index in [2.05, 4.69) is 35.0 Å². The zero-order valence-electron chi connectivity index (χ0n) is 20.4. The summed E-state index contributed by atoms with van der Waals surface area (Å²) >= 11 is 12.2. The third-order valence-corrected chi connectivity index (χ3v) is 8.40. The van der Waals surface area contributed by atoms with Gasteiger partial charge in [0.2, 0.25) is 5.91 Å². The molecule has 1 saturated carbocycles. The molecule has 0 aromatic heterocycles. The third kappa shape index (κ3) is 5.69. The fourth-order valence-corrected chi connectivity index (χ4v) is 6.34. The lowest BCUT2D eigenvalue weighted by Gasteiger charge is -2.55. The van der Waals surface area contributed by atoms with Crippen LogP contribution in [0, 0.1) is 5.92 Å². The van der Waals surface area contributed by atoms with Gasteiger partial charge in [0.25, 0.3) is 0 Å². The second kappa shape index (κ2) is 11.3. The van der Waals surface area contributed by atoms with Gasteiger partial charge >= 0.3 is 0 Å². The predicted molar refractivity (Wildman–Crippen MR) is 142 cm³/mol. The number of hydrogen-bond donors (Lipinski definition) is 1. The first-order chi connectivity index (χ1) is 16.9. The zero-order chi connectivity index (χ0) is 25.0. The Balaban J connectivity index is 1.60. The summed E-state index contributed by atoms with van der Waals surface area (Å²) in [6.07, 6.45) is 4.88. The fraction of sp³-hybridized carbons (Fsp3) is 0.464. The maximum Gasteiger partial charge on any atom is 0.224 e. The number of carbonyl (C=O) groups excluding carboxylic acids is 1. The van der Waals surface area contributed by atoms with E-state index in [1.54, 1.807) is 26.4 Å². The van der Waals surface area contributed by atoms with Crippen molar-refractivity contribution in [2.24, 2.45) is 5.92 Å². The molecule has 4 atom stereocenters. The van der Waals surface area contributed by atoms with Gasteiger partial charge in [-0.2, -0.15) is 0 Å². The minimum absolute atomic E-state index is 0.00336. The molecule has 1 aliphatic heterocycles.